The number of hydrogen-bond donors (Lipinski definition) is 2. The highest BCUT2D eigenvalue weighted by Crippen LogP contribution is 2.22. The van der Waals surface area contributed by atoms with Crippen molar-refractivity contribution in [3.8, 4) is 5.75 Å². The van der Waals surface area contributed by atoms with Gasteiger partial charge in [0.05, 0.1) is 12.0 Å². The molecule has 0 radical (unpaired) electrons. The molecule has 0 atom stereocenters. The smallest absolute Gasteiger partial charge is 0.264 e. The molecule has 0 spiro atoms. The van der Waals surface area contributed by atoms with E-state index in [1.165, 1.54) is 19.5 Å². The minimum Gasteiger partial charge on any atom is -0.497 e. The molecule has 7 nitrogen and oxygen atoms in total. The predicted molar refractivity (Wildman–Crippen MR) is 64.9 cm³/mol. The second-order valence-corrected chi connectivity index (χ2v) is 5.22. The quantitative estimate of drug-likeness (QED) is 0.859. The summed E-state index contributed by atoms with van der Waals surface area (Å²) in [4.78, 5) is 3.88. The highest BCUT2D eigenvalue weighted by molar-refractivity contribution is 7.92. The van der Waals surface area contributed by atoms with Gasteiger partial charge in [0.1, 0.15) is 12.1 Å². The van der Waals surface area contributed by atoms with Crippen molar-refractivity contribution in [2.75, 3.05) is 11.8 Å². The van der Waals surface area contributed by atoms with Crippen LogP contribution < -0.4 is 9.46 Å². The number of aromatic nitrogens is 3. The Morgan fingerprint density at radius 1 is 1.39 bits per heavy atom. The van der Waals surface area contributed by atoms with Gasteiger partial charge >= 0.3 is 0 Å². The van der Waals surface area contributed by atoms with E-state index in [4.69, 9.17) is 4.74 Å². The number of anilines is 1. The molecule has 2 N–H and O–H groups in total. The van der Waals surface area contributed by atoms with E-state index < -0.39 is 10.0 Å². The molecule has 1 aromatic carbocycles. The molecule has 1 aromatic heterocycles. The van der Waals surface area contributed by atoms with Crippen LogP contribution >= 0.6 is 0 Å². The maximum atomic E-state index is 12.1. The molecule has 2 rings (SSSR count). The van der Waals surface area contributed by atoms with E-state index in [2.05, 4.69) is 19.9 Å². The SMILES string of the molecule is COc1ccc(S(=O)(=O)Nc2ncn[nH]2)c(C)c1. The highest BCUT2D eigenvalue weighted by Gasteiger charge is 2.18. The topological polar surface area (TPSA) is 97.0 Å². The Morgan fingerprint density at radius 2 is 2.17 bits per heavy atom. The number of ether oxygens (including phenoxy) is 1. The van der Waals surface area contributed by atoms with Gasteiger partial charge in [0.15, 0.2) is 0 Å². The van der Waals surface area contributed by atoms with E-state index in [1.807, 2.05) is 0 Å². The van der Waals surface area contributed by atoms with E-state index in [9.17, 15) is 8.42 Å². The standard InChI is InChI=1S/C10H12N4O3S/c1-7-5-8(17-2)3-4-9(7)18(15,16)14-10-11-6-12-13-10/h3-6H,1-2H3,(H2,11,12,13,14). The Labute approximate surface area is 104 Å². The molecular formula is C10H12N4O3S. The largest absolute Gasteiger partial charge is 0.497 e. The Hall–Kier alpha value is -2.09. The summed E-state index contributed by atoms with van der Waals surface area (Å²) in [6, 6.07) is 4.71. The second-order valence-electron chi connectivity index (χ2n) is 3.57. The lowest BCUT2D eigenvalue weighted by molar-refractivity contribution is 0.414. The molecule has 18 heavy (non-hydrogen) atoms. The van der Waals surface area contributed by atoms with Crippen molar-refractivity contribution >= 4 is 16.0 Å². The first-order chi connectivity index (χ1) is 8.53. The molecule has 8 heteroatoms. The van der Waals surface area contributed by atoms with Gasteiger partial charge in [0.25, 0.3) is 10.0 Å². The van der Waals surface area contributed by atoms with Gasteiger partial charge in [-0.3, -0.25) is 0 Å². The number of nitrogens with one attached hydrogen (secondary N) is 2. The zero-order valence-electron chi connectivity index (χ0n) is 9.84. The number of aryl methyl sites for hydroxylation is 1. The molecule has 2 aromatic rings. The molecule has 0 aliphatic rings. The molecule has 0 unspecified atom stereocenters. The normalized spacial score (nSPS) is 11.2. The number of H-pyrrole nitrogens is 1. The van der Waals surface area contributed by atoms with Gasteiger partial charge in [0, 0.05) is 0 Å². The van der Waals surface area contributed by atoms with Crippen LogP contribution in [0.3, 0.4) is 0 Å². The van der Waals surface area contributed by atoms with E-state index in [0.717, 1.165) is 0 Å². The second kappa shape index (κ2) is 4.65. The minimum absolute atomic E-state index is 0.0743. The van der Waals surface area contributed by atoms with Crippen molar-refractivity contribution in [1.29, 1.82) is 0 Å². The molecule has 0 saturated carbocycles. The zero-order chi connectivity index (χ0) is 13.2. The third-order valence-corrected chi connectivity index (χ3v) is 3.82. The number of aromatic amines is 1. The molecule has 0 aliphatic carbocycles. The van der Waals surface area contributed by atoms with E-state index in [1.54, 1.807) is 19.1 Å². The van der Waals surface area contributed by atoms with Crippen molar-refractivity contribution in [1.82, 2.24) is 15.2 Å². The first-order valence-corrected chi connectivity index (χ1v) is 6.54. The van der Waals surface area contributed by atoms with Crippen LogP contribution in [0.15, 0.2) is 29.4 Å². The van der Waals surface area contributed by atoms with Crippen LogP contribution in [0.5, 0.6) is 5.75 Å². The average Bonchev–Trinajstić information content (AvgIpc) is 2.80. The molecule has 1 heterocycles. The lowest BCUT2D eigenvalue weighted by Crippen LogP contribution is -2.15. The van der Waals surface area contributed by atoms with Crippen molar-refractivity contribution in [2.45, 2.75) is 11.8 Å². The molecule has 0 fully saturated rings. The fourth-order valence-corrected chi connectivity index (χ4v) is 2.68. The van der Waals surface area contributed by atoms with E-state index in [0.29, 0.717) is 11.3 Å². The third kappa shape index (κ3) is 2.43. The number of benzene rings is 1. The van der Waals surface area contributed by atoms with Crippen LogP contribution in [-0.4, -0.2) is 30.7 Å². The van der Waals surface area contributed by atoms with Crippen molar-refractivity contribution in [3.05, 3.63) is 30.1 Å². The van der Waals surface area contributed by atoms with Crippen LogP contribution in [0.4, 0.5) is 5.95 Å². The lowest BCUT2D eigenvalue weighted by atomic mass is 10.2. The number of methoxy groups -OCH3 is 1. The highest BCUT2D eigenvalue weighted by atomic mass is 32.2. The molecular weight excluding hydrogens is 256 g/mol. The molecule has 0 amide bonds. The molecule has 0 bridgehead atoms. The van der Waals surface area contributed by atoms with Crippen LogP contribution in [-0.2, 0) is 10.0 Å². The fourth-order valence-electron chi connectivity index (χ4n) is 1.49. The zero-order valence-corrected chi connectivity index (χ0v) is 10.7. The summed E-state index contributed by atoms with van der Waals surface area (Å²) in [5.41, 5.74) is 0.585. The van der Waals surface area contributed by atoms with Crippen molar-refractivity contribution in [3.63, 3.8) is 0 Å². The molecule has 96 valence electrons. The van der Waals surface area contributed by atoms with Gasteiger partial charge < -0.3 is 4.74 Å². The monoisotopic (exact) mass is 268 g/mol. The Kier molecular flexibility index (Phi) is 3.19. The number of rotatable bonds is 4. The van der Waals surface area contributed by atoms with Crippen LogP contribution in [0.25, 0.3) is 0 Å². The Balaban J connectivity index is 2.35. The van der Waals surface area contributed by atoms with Crippen LogP contribution in [0.2, 0.25) is 0 Å². The van der Waals surface area contributed by atoms with Gasteiger partial charge in [0.2, 0.25) is 5.95 Å². The summed E-state index contributed by atoms with van der Waals surface area (Å²) in [6.07, 6.45) is 1.22. The number of hydrogen-bond acceptors (Lipinski definition) is 5. The van der Waals surface area contributed by atoms with Gasteiger partial charge in [-0.2, -0.15) is 10.1 Å². The van der Waals surface area contributed by atoms with Gasteiger partial charge in [-0.15, -0.1) is 0 Å². The third-order valence-electron chi connectivity index (χ3n) is 2.32. The summed E-state index contributed by atoms with van der Waals surface area (Å²) in [5.74, 6) is 0.677. The summed E-state index contributed by atoms with van der Waals surface area (Å²) in [7, 11) is -2.15. The fraction of sp³-hybridized carbons (Fsp3) is 0.200. The van der Waals surface area contributed by atoms with Gasteiger partial charge in [-0.25, -0.2) is 18.2 Å². The van der Waals surface area contributed by atoms with Crippen LogP contribution in [0, 0.1) is 6.92 Å². The lowest BCUT2D eigenvalue weighted by Gasteiger charge is -2.09. The molecule has 0 aliphatic heterocycles. The van der Waals surface area contributed by atoms with Gasteiger partial charge in [-0.05, 0) is 30.7 Å². The van der Waals surface area contributed by atoms with E-state index in [-0.39, 0.29) is 10.8 Å². The maximum Gasteiger partial charge on any atom is 0.264 e. The first-order valence-electron chi connectivity index (χ1n) is 5.06. The van der Waals surface area contributed by atoms with Crippen molar-refractivity contribution < 1.29 is 13.2 Å². The molecule has 0 saturated heterocycles. The minimum atomic E-state index is -3.68. The van der Waals surface area contributed by atoms with E-state index >= 15 is 0 Å². The Bertz CT molecular complexity index is 637. The maximum absolute atomic E-state index is 12.1. The van der Waals surface area contributed by atoms with Crippen molar-refractivity contribution in [2.24, 2.45) is 0 Å². The summed E-state index contributed by atoms with van der Waals surface area (Å²) >= 11 is 0. The van der Waals surface area contributed by atoms with Crippen LogP contribution in [0.1, 0.15) is 5.56 Å². The predicted octanol–water partition coefficient (Wildman–Crippen LogP) is 0.923. The van der Waals surface area contributed by atoms with Gasteiger partial charge in [-0.1, -0.05) is 0 Å². The Morgan fingerprint density at radius 3 is 2.72 bits per heavy atom. The average molecular weight is 268 g/mol. The number of nitrogens with zero attached hydrogens (tertiary/aromatic N) is 2. The first kappa shape index (κ1) is 12.4. The summed E-state index contributed by atoms with van der Waals surface area (Å²) < 4.78 is 31.5. The number of sulfonamides is 1. The summed E-state index contributed by atoms with van der Waals surface area (Å²) in [5, 5.41) is 6.00. The summed E-state index contributed by atoms with van der Waals surface area (Å²) in [6.45, 7) is 1.69.